The molecule has 0 aromatic rings. The highest BCUT2D eigenvalue weighted by Gasteiger charge is 2.19. The lowest BCUT2D eigenvalue weighted by atomic mass is 10.0. The van der Waals surface area contributed by atoms with E-state index in [1.807, 2.05) is 72.9 Å². The highest BCUT2D eigenvalue weighted by molar-refractivity contribution is 5.71. The first-order valence-corrected chi connectivity index (χ1v) is 26.8. The summed E-state index contributed by atoms with van der Waals surface area (Å²) in [6.45, 7) is 6.27. The molecule has 0 aliphatic heterocycles. The summed E-state index contributed by atoms with van der Waals surface area (Å²) in [5.74, 6) is -1.06. The molecule has 0 spiro atoms. The maximum absolute atomic E-state index is 12.8. The molecule has 6 heteroatoms. The Balaban J connectivity index is 4.59. The Morgan fingerprint density at radius 2 is 0.687 bits per heavy atom. The molecule has 0 bridgehead atoms. The van der Waals surface area contributed by atoms with Crippen LogP contribution in [0.2, 0.25) is 0 Å². The standard InChI is InChI=1S/C61H96O6/c1-4-7-10-13-16-19-22-25-28-31-34-36-39-42-45-48-51-54-60(63)66-57-58(67-61(64)55-52-49-46-43-40-37-33-30-27-24-21-18-15-12-9-6-3)56-65-59(62)53-50-47-44-41-38-35-32-29-26-23-20-17-14-11-8-5-2/h7,9-10,12-13,16,18-19,21-22,25,27-28,30-31,34,36-37,39-40,46,49,58H,4-6,8,11,14-15,17,20,23-24,26,29,32-33,35,38,41-45,47-48,50-57H2,1-3H3/b10-7-,12-9-,16-13-,21-18-,22-19-,28-25-,30-27-,34-31+,39-36-,40-37-,49-46-. The van der Waals surface area contributed by atoms with Crippen LogP contribution in [-0.2, 0) is 28.6 Å². The fourth-order valence-electron chi connectivity index (χ4n) is 6.88. The molecule has 0 aliphatic carbocycles. The van der Waals surface area contributed by atoms with Gasteiger partial charge in [-0.05, 0) is 70.6 Å². The van der Waals surface area contributed by atoms with Crippen LogP contribution in [0, 0.1) is 0 Å². The van der Waals surface area contributed by atoms with Gasteiger partial charge in [-0.1, -0.05) is 257 Å². The Labute approximate surface area is 411 Å². The fraction of sp³-hybridized carbons (Fsp3) is 0.590. The van der Waals surface area contributed by atoms with Crippen molar-refractivity contribution in [2.45, 2.75) is 219 Å². The first-order valence-electron chi connectivity index (χ1n) is 26.8. The Morgan fingerprint density at radius 1 is 0.328 bits per heavy atom. The highest BCUT2D eigenvalue weighted by atomic mass is 16.6. The third-order valence-electron chi connectivity index (χ3n) is 10.8. The number of allylic oxidation sites excluding steroid dienone is 22. The maximum atomic E-state index is 12.8. The van der Waals surface area contributed by atoms with Crippen LogP contribution in [0.5, 0.6) is 0 Å². The molecule has 0 fully saturated rings. The van der Waals surface area contributed by atoms with Gasteiger partial charge in [0, 0.05) is 19.3 Å². The van der Waals surface area contributed by atoms with E-state index in [2.05, 4.69) is 81.5 Å². The lowest BCUT2D eigenvalue weighted by molar-refractivity contribution is -0.166. The molecule has 0 heterocycles. The van der Waals surface area contributed by atoms with Crippen LogP contribution in [0.1, 0.15) is 213 Å². The van der Waals surface area contributed by atoms with Gasteiger partial charge >= 0.3 is 17.9 Å². The molecule has 0 N–H and O–H groups in total. The summed E-state index contributed by atoms with van der Waals surface area (Å²) in [5, 5.41) is 0. The van der Waals surface area contributed by atoms with Crippen molar-refractivity contribution < 1.29 is 28.6 Å². The van der Waals surface area contributed by atoms with E-state index < -0.39 is 12.1 Å². The average Bonchev–Trinajstić information content (AvgIpc) is 3.33. The Morgan fingerprint density at radius 3 is 1.12 bits per heavy atom. The van der Waals surface area contributed by atoms with Crippen molar-refractivity contribution in [2.75, 3.05) is 13.2 Å². The molecule has 0 aromatic heterocycles. The second kappa shape index (κ2) is 54.2. The number of unbranched alkanes of at least 4 members (excludes halogenated alkanes) is 18. The zero-order valence-electron chi connectivity index (χ0n) is 42.9. The van der Waals surface area contributed by atoms with Crippen molar-refractivity contribution in [1.82, 2.24) is 0 Å². The van der Waals surface area contributed by atoms with Crippen molar-refractivity contribution >= 4 is 17.9 Å². The van der Waals surface area contributed by atoms with Gasteiger partial charge in [-0.15, -0.1) is 0 Å². The van der Waals surface area contributed by atoms with E-state index in [-0.39, 0.29) is 38.0 Å². The van der Waals surface area contributed by atoms with Crippen LogP contribution in [0.15, 0.2) is 134 Å². The molecule has 0 aromatic carbocycles. The van der Waals surface area contributed by atoms with Gasteiger partial charge in [0.1, 0.15) is 13.2 Å². The van der Waals surface area contributed by atoms with Crippen molar-refractivity contribution in [2.24, 2.45) is 0 Å². The van der Waals surface area contributed by atoms with E-state index in [4.69, 9.17) is 14.2 Å². The van der Waals surface area contributed by atoms with E-state index >= 15 is 0 Å². The minimum atomic E-state index is -0.839. The summed E-state index contributed by atoms with van der Waals surface area (Å²) in [5.41, 5.74) is 0. The van der Waals surface area contributed by atoms with Gasteiger partial charge in [-0.25, -0.2) is 0 Å². The zero-order valence-corrected chi connectivity index (χ0v) is 42.9. The monoisotopic (exact) mass is 925 g/mol. The highest BCUT2D eigenvalue weighted by Crippen LogP contribution is 2.15. The fourth-order valence-corrected chi connectivity index (χ4v) is 6.88. The molecule has 0 amide bonds. The first kappa shape index (κ1) is 62.5. The minimum absolute atomic E-state index is 0.125. The van der Waals surface area contributed by atoms with Crippen LogP contribution >= 0.6 is 0 Å². The van der Waals surface area contributed by atoms with Gasteiger partial charge in [0.05, 0.1) is 0 Å². The molecule has 1 atom stereocenters. The van der Waals surface area contributed by atoms with E-state index in [1.165, 1.54) is 83.5 Å². The van der Waals surface area contributed by atoms with Crippen LogP contribution in [0.3, 0.4) is 0 Å². The van der Waals surface area contributed by atoms with Crippen LogP contribution < -0.4 is 0 Å². The van der Waals surface area contributed by atoms with Crippen LogP contribution in [0.25, 0.3) is 0 Å². The first-order chi connectivity index (χ1) is 33.0. The van der Waals surface area contributed by atoms with Gasteiger partial charge in [-0.2, -0.15) is 0 Å². The second-order valence-corrected chi connectivity index (χ2v) is 17.2. The van der Waals surface area contributed by atoms with E-state index in [9.17, 15) is 14.4 Å². The summed E-state index contributed by atoms with van der Waals surface area (Å²) < 4.78 is 16.7. The maximum Gasteiger partial charge on any atom is 0.306 e. The number of esters is 3. The Kier molecular flexibility index (Phi) is 50.6. The lowest BCUT2D eigenvalue weighted by Crippen LogP contribution is -2.30. The van der Waals surface area contributed by atoms with Gasteiger partial charge in [0.15, 0.2) is 6.10 Å². The normalized spacial score (nSPS) is 13.2. The zero-order chi connectivity index (χ0) is 48.6. The van der Waals surface area contributed by atoms with Crippen molar-refractivity contribution in [3.05, 3.63) is 134 Å². The molecule has 0 aliphatic rings. The van der Waals surface area contributed by atoms with Crippen LogP contribution in [0.4, 0.5) is 0 Å². The summed E-state index contributed by atoms with van der Waals surface area (Å²) in [7, 11) is 0. The van der Waals surface area contributed by atoms with Crippen LogP contribution in [-0.4, -0.2) is 37.2 Å². The molecule has 0 radical (unpaired) electrons. The van der Waals surface area contributed by atoms with Crippen molar-refractivity contribution in [3.63, 3.8) is 0 Å². The third kappa shape index (κ3) is 52.4. The number of carbonyl (C=O) groups is 3. The molecule has 1 unspecified atom stereocenters. The topological polar surface area (TPSA) is 78.9 Å². The second-order valence-electron chi connectivity index (χ2n) is 17.2. The summed E-state index contributed by atoms with van der Waals surface area (Å²) in [6, 6.07) is 0. The van der Waals surface area contributed by atoms with E-state index in [0.29, 0.717) is 19.3 Å². The van der Waals surface area contributed by atoms with Gasteiger partial charge in [-0.3, -0.25) is 14.4 Å². The smallest absolute Gasteiger partial charge is 0.306 e. The van der Waals surface area contributed by atoms with E-state index in [0.717, 1.165) is 77.0 Å². The van der Waals surface area contributed by atoms with Gasteiger partial charge < -0.3 is 14.2 Å². The Bertz CT molecular complexity index is 1480. The molecule has 6 nitrogen and oxygen atoms in total. The molecule has 0 saturated carbocycles. The number of rotatable bonds is 46. The predicted octanol–water partition coefficient (Wildman–Crippen LogP) is 17.9. The van der Waals surface area contributed by atoms with Gasteiger partial charge in [0.25, 0.3) is 0 Å². The molecule has 0 saturated heterocycles. The molecular formula is C61H96O6. The van der Waals surface area contributed by atoms with Crippen molar-refractivity contribution in [3.8, 4) is 0 Å². The van der Waals surface area contributed by atoms with Crippen molar-refractivity contribution in [1.29, 1.82) is 0 Å². The number of hydrogen-bond donors (Lipinski definition) is 0. The number of carbonyl (C=O) groups excluding carboxylic acids is 3. The number of hydrogen-bond acceptors (Lipinski definition) is 6. The molecule has 376 valence electrons. The summed E-state index contributed by atoms with van der Waals surface area (Å²) in [4.78, 5) is 38.0. The molecule has 67 heavy (non-hydrogen) atoms. The largest absolute Gasteiger partial charge is 0.462 e. The third-order valence-corrected chi connectivity index (χ3v) is 10.8. The average molecular weight is 925 g/mol. The molecule has 0 rings (SSSR count). The summed E-state index contributed by atoms with van der Waals surface area (Å²) in [6.07, 6.45) is 75.9. The van der Waals surface area contributed by atoms with Gasteiger partial charge in [0.2, 0.25) is 0 Å². The minimum Gasteiger partial charge on any atom is -0.462 e. The number of ether oxygens (including phenoxy) is 3. The summed E-state index contributed by atoms with van der Waals surface area (Å²) >= 11 is 0. The lowest BCUT2D eigenvalue weighted by Gasteiger charge is -2.18. The SMILES string of the molecule is CC\C=C/C=C\C=C/C=C\C=C\C=C/CCCCCC(=O)OCC(COC(=O)CCCCCCCCCCCCCCCCCC)OC(=O)CC/C=C\C/C=C\C/C=C\C/C=C\C/C=C\CC. The molecular weight excluding hydrogens is 829 g/mol. The van der Waals surface area contributed by atoms with E-state index in [1.54, 1.807) is 0 Å². The predicted molar refractivity (Wildman–Crippen MR) is 288 cm³/mol. The quantitative estimate of drug-likeness (QED) is 0.0199. The Hall–Kier alpha value is -4.45.